The van der Waals surface area contributed by atoms with Gasteiger partial charge in [-0.2, -0.15) is 0 Å². The third-order valence-electron chi connectivity index (χ3n) is 10.3. The minimum Gasteiger partial charge on any atom is -0.399 e. The van der Waals surface area contributed by atoms with Crippen molar-refractivity contribution in [1.82, 2.24) is 5.32 Å². The minimum absolute atomic E-state index is 0.118. The summed E-state index contributed by atoms with van der Waals surface area (Å²) in [7, 11) is 1.62. The van der Waals surface area contributed by atoms with E-state index in [-0.39, 0.29) is 35.4 Å². The summed E-state index contributed by atoms with van der Waals surface area (Å²) < 4.78 is 0. The van der Waals surface area contributed by atoms with Gasteiger partial charge in [0, 0.05) is 48.7 Å². The number of rotatable bonds is 5. The van der Waals surface area contributed by atoms with E-state index in [0.717, 1.165) is 75.9 Å². The van der Waals surface area contributed by atoms with Gasteiger partial charge in [-0.3, -0.25) is 4.79 Å². The van der Waals surface area contributed by atoms with Gasteiger partial charge in [0.1, 0.15) is 19.0 Å². The number of nitrogens with zero attached hydrogens (tertiary/aromatic N) is 2. The fourth-order valence-corrected chi connectivity index (χ4v) is 8.65. The number of hydrogen-bond donors (Lipinski definition) is 2. The van der Waals surface area contributed by atoms with E-state index in [9.17, 15) is 9.90 Å². The van der Waals surface area contributed by atoms with Gasteiger partial charge in [0.2, 0.25) is 0 Å². The molecule has 5 rings (SSSR count). The number of nitrogens with one attached hydrogen (secondary N) is 1. The second kappa shape index (κ2) is 8.95. The van der Waals surface area contributed by atoms with Gasteiger partial charge in [0.05, 0.1) is 11.4 Å². The van der Waals surface area contributed by atoms with Crippen LogP contribution in [0.1, 0.15) is 71.6 Å². The Morgan fingerprint density at radius 1 is 1.12 bits per heavy atom. The van der Waals surface area contributed by atoms with E-state index in [1.807, 2.05) is 0 Å². The van der Waals surface area contributed by atoms with Crippen LogP contribution in [0.4, 0.5) is 0 Å². The van der Waals surface area contributed by atoms with Crippen molar-refractivity contribution in [3.63, 3.8) is 0 Å². The Balaban J connectivity index is 1.50. The van der Waals surface area contributed by atoms with E-state index in [2.05, 4.69) is 24.3 Å². The molecule has 5 aliphatic rings. The lowest BCUT2D eigenvalue weighted by atomic mass is 9.42. The first kappa shape index (κ1) is 23.3. The van der Waals surface area contributed by atoms with E-state index in [0.29, 0.717) is 30.0 Å². The molecule has 5 fully saturated rings. The molecule has 0 amide bonds. The molecule has 184 valence electrons. The second-order valence-electron chi connectivity index (χ2n) is 11.5. The predicted molar refractivity (Wildman–Crippen MR) is 127 cm³/mol. The third kappa shape index (κ3) is 3.56. The molecule has 7 nitrogen and oxygen atoms in total. The van der Waals surface area contributed by atoms with Crippen LogP contribution in [0, 0.1) is 40.4 Å². The lowest BCUT2D eigenvalue weighted by molar-refractivity contribution is -0.136. The fourth-order valence-electron chi connectivity index (χ4n) is 8.65. The van der Waals surface area contributed by atoms with Gasteiger partial charge in [-0.25, -0.2) is 0 Å². The minimum atomic E-state index is -0.220. The Hall–Kier alpha value is -1.47. The summed E-state index contributed by atoms with van der Waals surface area (Å²) >= 11 is 0. The van der Waals surface area contributed by atoms with Crippen LogP contribution in [0.2, 0.25) is 0 Å². The van der Waals surface area contributed by atoms with Crippen LogP contribution < -0.4 is 5.32 Å². The average molecular weight is 460 g/mol. The van der Waals surface area contributed by atoms with Gasteiger partial charge in [-0.15, -0.1) is 0 Å². The summed E-state index contributed by atoms with van der Waals surface area (Å²) in [5.74, 6) is 1.97. The number of Topliss-reactive ketones (excluding diaryl/α,β-unsaturated/α-hetero) is 1. The van der Waals surface area contributed by atoms with Crippen molar-refractivity contribution in [3.05, 3.63) is 0 Å². The maximum absolute atomic E-state index is 12.8. The van der Waals surface area contributed by atoms with Crippen LogP contribution in [-0.2, 0) is 14.5 Å². The number of hydrogen-bond acceptors (Lipinski definition) is 7. The molecular weight excluding hydrogens is 418 g/mol. The summed E-state index contributed by atoms with van der Waals surface area (Å²) in [6.07, 6.45) is 8.39. The highest BCUT2D eigenvalue weighted by atomic mass is 16.6. The highest BCUT2D eigenvalue weighted by molar-refractivity contribution is 5.97. The third-order valence-corrected chi connectivity index (χ3v) is 10.3. The molecule has 0 aromatic carbocycles. The molecule has 33 heavy (non-hydrogen) atoms. The summed E-state index contributed by atoms with van der Waals surface area (Å²) in [6, 6.07) is 0. The lowest BCUT2D eigenvalue weighted by Gasteiger charge is -2.61. The zero-order valence-corrected chi connectivity index (χ0v) is 20.5. The molecule has 0 aromatic rings. The van der Waals surface area contributed by atoms with Crippen molar-refractivity contribution >= 4 is 17.2 Å². The van der Waals surface area contributed by atoms with Gasteiger partial charge in [0.25, 0.3) is 0 Å². The highest BCUT2D eigenvalue weighted by Crippen LogP contribution is 2.65. The van der Waals surface area contributed by atoms with E-state index < -0.39 is 0 Å². The average Bonchev–Trinajstić information content (AvgIpc) is 3.45. The van der Waals surface area contributed by atoms with Crippen LogP contribution in [-0.4, -0.2) is 55.2 Å². The van der Waals surface area contributed by atoms with Crippen molar-refractivity contribution in [2.24, 2.45) is 50.7 Å². The highest BCUT2D eigenvalue weighted by Gasteiger charge is 2.64. The molecule has 2 N–H and O–H groups in total. The molecule has 0 bridgehead atoms. The molecule has 4 saturated carbocycles. The lowest BCUT2D eigenvalue weighted by Crippen LogP contribution is -2.61. The van der Waals surface area contributed by atoms with Crippen molar-refractivity contribution in [2.75, 3.05) is 26.8 Å². The molecule has 7 heteroatoms. The Kier molecular flexibility index (Phi) is 6.32. The molecule has 8 atom stereocenters. The summed E-state index contributed by atoms with van der Waals surface area (Å²) in [4.78, 5) is 24.2. The van der Waals surface area contributed by atoms with Crippen molar-refractivity contribution in [1.29, 1.82) is 0 Å². The van der Waals surface area contributed by atoms with Gasteiger partial charge in [-0.05, 0) is 69.2 Å². The molecule has 0 aromatic heterocycles. The Labute approximate surface area is 197 Å². The first-order valence-electron chi connectivity index (χ1n) is 13.2. The van der Waals surface area contributed by atoms with E-state index in [4.69, 9.17) is 14.8 Å². The van der Waals surface area contributed by atoms with Gasteiger partial charge >= 0.3 is 0 Å². The predicted octanol–water partition coefficient (Wildman–Crippen LogP) is 3.55. The maximum Gasteiger partial charge on any atom is 0.141 e. The van der Waals surface area contributed by atoms with Crippen LogP contribution in [0.5, 0.6) is 0 Å². The fraction of sp³-hybridized carbons (Fsp3) is 0.885. The summed E-state index contributed by atoms with van der Waals surface area (Å²) in [5, 5.41) is 23.7. The monoisotopic (exact) mass is 459 g/mol. The smallest absolute Gasteiger partial charge is 0.141 e. The first-order valence-corrected chi connectivity index (χ1v) is 13.2. The largest absolute Gasteiger partial charge is 0.399 e. The van der Waals surface area contributed by atoms with Gasteiger partial charge < -0.3 is 20.1 Å². The number of oxime groups is 2. The van der Waals surface area contributed by atoms with E-state index in [1.165, 1.54) is 0 Å². The van der Waals surface area contributed by atoms with E-state index >= 15 is 0 Å². The van der Waals surface area contributed by atoms with Crippen LogP contribution >= 0.6 is 0 Å². The van der Waals surface area contributed by atoms with Crippen molar-refractivity contribution in [3.8, 4) is 0 Å². The molecule has 0 radical (unpaired) electrons. The Morgan fingerprint density at radius 3 is 2.67 bits per heavy atom. The molecule has 4 aliphatic carbocycles. The molecule has 1 saturated heterocycles. The quantitative estimate of drug-likeness (QED) is 0.614. The summed E-state index contributed by atoms with van der Waals surface area (Å²) in [6.45, 7) is 6.42. The Bertz CT molecular complexity index is 822. The maximum atomic E-state index is 12.8. The molecule has 0 spiro atoms. The zero-order chi connectivity index (χ0) is 23.2. The number of fused-ring (bicyclic) bond motifs is 5. The number of carbonyl (C=O) groups excluding carboxylic acids is 1. The number of ketones is 1. The second-order valence-corrected chi connectivity index (χ2v) is 11.5. The number of aliphatic hydroxyl groups is 1. The molecule has 1 aliphatic heterocycles. The van der Waals surface area contributed by atoms with Gasteiger partial charge in [-0.1, -0.05) is 24.2 Å². The first-order chi connectivity index (χ1) is 16.0. The van der Waals surface area contributed by atoms with Crippen molar-refractivity contribution < 1.29 is 19.6 Å². The van der Waals surface area contributed by atoms with Crippen LogP contribution in [0.25, 0.3) is 0 Å². The molecule has 5 unspecified atom stereocenters. The van der Waals surface area contributed by atoms with Gasteiger partial charge in [0.15, 0.2) is 0 Å². The number of carbonyl (C=O) groups is 1. The standard InChI is InChI=1S/C26H41N3O4/c1-4-17-21(29-33-16-9-12-27-14-16)8-11-26(15-30)20-7-10-25(2)19(5-6-23(25)31)18(20)13-22(24(17)26)28-32-3/h16-20,24,27,30H,4-15H2,1-3H3/t16?,17-,18?,19?,20?,24?,25-,26-/m0/s1. The SMILES string of the molecule is CC[C@H]1C(=NOC2CCNC2)CC[C@]2(CO)C3CC[C@]4(C)C(=O)CCC4C3CC(=NOC)C12. The van der Waals surface area contributed by atoms with Crippen LogP contribution in [0.15, 0.2) is 10.3 Å². The summed E-state index contributed by atoms with van der Waals surface area (Å²) in [5.41, 5.74) is 1.77. The van der Waals surface area contributed by atoms with Crippen LogP contribution in [0.3, 0.4) is 0 Å². The van der Waals surface area contributed by atoms with E-state index in [1.54, 1.807) is 7.11 Å². The Morgan fingerprint density at radius 2 is 1.97 bits per heavy atom. The topological polar surface area (TPSA) is 92.5 Å². The molecular formula is C26H41N3O4. The molecule has 1 heterocycles. The normalized spacial score (nSPS) is 47.3. The van der Waals surface area contributed by atoms with Crippen molar-refractivity contribution in [2.45, 2.75) is 77.7 Å². The number of aliphatic hydroxyl groups excluding tert-OH is 1. The zero-order valence-electron chi connectivity index (χ0n) is 20.5.